The maximum atomic E-state index is 12.8. The van der Waals surface area contributed by atoms with Crippen molar-refractivity contribution in [2.45, 2.75) is 33.1 Å². The van der Waals surface area contributed by atoms with E-state index in [1.54, 1.807) is 25.2 Å². The molecule has 2 amide bonds. The van der Waals surface area contributed by atoms with Gasteiger partial charge in [-0.1, -0.05) is 32.4 Å². The summed E-state index contributed by atoms with van der Waals surface area (Å²) in [5.41, 5.74) is 7.05. The number of nitrogens with one attached hydrogen (secondary N) is 1. The first-order valence-corrected chi connectivity index (χ1v) is 8.38. The SMILES string of the molecule is CCCOc1ccccc1C(=O)Nc1c(CCC)nn(C)c1C(N)=O. The number of primary amides is 1. The molecule has 0 fully saturated rings. The first kappa shape index (κ1) is 18.5. The average molecular weight is 344 g/mol. The lowest BCUT2D eigenvalue weighted by Crippen LogP contribution is -2.21. The molecule has 0 spiro atoms. The van der Waals surface area contributed by atoms with Crippen LogP contribution >= 0.6 is 0 Å². The van der Waals surface area contributed by atoms with E-state index in [-0.39, 0.29) is 11.6 Å². The molecule has 0 aliphatic carbocycles. The summed E-state index contributed by atoms with van der Waals surface area (Å²) in [6.07, 6.45) is 2.30. The van der Waals surface area contributed by atoms with E-state index in [9.17, 15) is 9.59 Å². The van der Waals surface area contributed by atoms with Crippen molar-refractivity contribution in [2.75, 3.05) is 11.9 Å². The van der Waals surface area contributed by atoms with Gasteiger partial charge in [-0.15, -0.1) is 0 Å². The van der Waals surface area contributed by atoms with Crippen molar-refractivity contribution in [3.8, 4) is 5.75 Å². The van der Waals surface area contributed by atoms with Crippen molar-refractivity contribution in [1.82, 2.24) is 9.78 Å². The quantitative estimate of drug-likeness (QED) is 0.768. The fourth-order valence-electron chi connectivity index (χ4n) is 2.58. The van der Waals surface area contributed by atoms with Gasteiger partial charge in [0.05, 0.1) is 23.6 Å². The summed E-state index contributed by atoms with van der Waals surface area (Å²) < 4.78 is 7.04. The number of aromatic nitrogens is 2. The number of rotatable bonds is 8. The zero-order chi connectivity index (χ0) is 18.4. The Morgan fingerprint density at radius 3 is 2.60 bits per heavy atom. The number of carbonyl (C=O) groups excluding carboxylic acids is 2. The van der Waals surface area contributed by atoms with E-state index in [2.05, 4.69) is 10.4 Å². The number of nitrogens with zero attached hydrogens (tertiary/aromatic N) is 2. The van der Waals surface area contributed by atoms with Crippen molar-refractivity contribution in [3.05, 3.63) is 41.2 Å². The molecule has 0 saturated heterocycles. The Kier molecular flexibility index (Phi) is 6.16. The fourth-order valence-corrected chi connectivity index (χ4v) is 2.58. The van der Waals surface area contributed by atoms with Gasteiger partial charge < -0.3 is 15.8 Å². The first-order valence-electron chi connectivity index (χ1n) is 8.38. The highest BCUT2D eigenvalue weighted by Gasteiger charge is 2.23. The molecule has 134 valence electrons. The maximum absolute atomic E-state index is 12.8. The summed E-state index contributed by atoms with van der Waals surface area (Å²) in [5.74, 6) is -0.494. The summed E-state index contributed by atoms with van der Waals surface area (Å²) in [6, 6.07) is 7.00. The number of hydrogen-bond donors (Lipinski definition) is 2. The predicted octanol–water partition coefficient (Wildman–Crippen LogP) is 2.51. The average Bonchev–Trinajstić information content (AvgIpc) is 2.88. The Labute approximate surface area is 147 Å². The lowest BCUT2D eigenvalue weighted by molar-refractivity contribution is 0.0992. The molecule has 0 atom stereocenters. The van der Waals surface area contributed by atoms with Gasteiger partial charge in [0.1, 0.15) is 11.4 Å². The number of nitrogens with two attached hydrogens (primary N) is 1. The van der Waals surface area contributed by atoms with E-state index < -0.39 is 5.91 Å². The largest absolute Gasteiger partial charge is 0.493 e. The summed E-state index contributed by atoms with van der Waals surface area (Å²) in [7, 11) is 1.63. The van der Waals surface area contributed by atoms with Crippen molar-refractivity contribution in [1.29, 1.82) is 0 Å². The minimum Gasteiger partial charge on any atom is -0.493 e. The van der Waals surface area contributed by atoms with Crippen LogP contribution in [-0.2, 0) is 13.5 Å². The monoisotopic (exact) mass is 344 g/mol. The van der Waals surface area contributed by atoms with Crippen molar-refractivity contribution in [2.24, 2.45) is 12.8 Å². The van der Waals surface area contributed by atoms with E-state index in [0.29, 0.717) is 35.7 Å². The second-order valence-corrected chi connectivity index (χ2v) is 5.71. The zero-order valence-corrected chi connectivity index (χ0v) is 14.8. The molecule has 2 rings (SSSR count). The summed E-state index contributed by atoms with van der Waals surface area (Å²) >= 11 is 0. The second-order valence-electron chi connectivity index (χ2n) is 5.71. The molecule has 7 heteroatoms. The molecule has 7 nitrogen and oxygen atoms in total. The molecule has 2 aromatic rings. The number of carbonyl (C=O) groups is 2. The van der Waals surface area contributed by atoms with Gasteiger partial charge in [0.25, 0.3) is 11.8 Å². The molecule has 0 aliphatic heterocycles. The van der Waals surface area contributed by atoms with Crippen LogP contribution in [0.1, 0.15) is 53.2 Å². The van der Waals surface area contributed by atoms with Gasteiger partial charge in [-0.25, -0.2) is 0 Å². The minimum absolute atomic E-state index is 0.184. The Morgan fingerprint density at radius 1 is 1.24 bits per heavy atom. The molecule has 25 heavy (non-hydrogen) atoms. The van der Waals surface area contributed by atoms with E-state index >= 15 is 0 Å². The number of hydrogen-bond acceptors (Lipinski definition) is 4. The second kappa shape index (κ2) is 8.32. The van der Waals surface area contributed by atoms with Crippen LogP contribution in [0.15, 0.2) is 24.3 Å². The molecule has 3 N–H and O–H groups in total. The van der Waals surface area contributed by atoms with Gasteiger partial charge in [-0.3, -0.25) is 14.3 Å². The molecular formula is C18H24N4O3. The van der Waals surface area contributed by atoms with Crippen LogP contribution in [0.25, 0.3) is 0 Å². The van der Waals surface area contributed by atoms with E-state index in [1.807, 2.05) is 19.9 Å². The maximum Gasteiger partial charge on any atom is 0.269 e. The number of benzene rings is 1. The lowest BCUT2D eigenvalue weighted by Gasteiger charge is -2.12. The van der Waals surface area contributed by atoms with Crippen molar-refractivity contribution in [3.63, 3.8) is 0 Å². The van der Waals surface area contributed by atoms with Crippen LogP contribution in [-0.4, -0.2) is 28.2 Å². The topological polar surface area (TPSA) is 99.2 Å². The highest BCUT2D eigenvalue weighted by molar-refractivity contribution is 6.09. The molecule has 0 aliphatic rings. The summed E-state index contributed by atoms with van der Waals surface area (Å²) in [6.45, 7) is 4.51. The van der Waals surface area contributed by atoms with Gasteiger partial charge >= 0.3 is 0 Å². The number of aryl methyl sites for hydroxylation is 2. The van der Waals surface area contributed by atoms with Gasteiger partial charge in [0, 0.05) is 7.05 Å². The summed E-state index contributed by atoms with van der Waals surface area (Å²) in [4.78, 5) is 24.5. The normalized spacial score (nSPS) is 10.5. The standard InChI is InChI=1S/C18H24N4O3/c1-4-8-13-15(16(17(19)23)22(3)21-13)20-18(24)12-9-6-7-10-14(12)25-11-5-2/h6-7,9-10H,4-5,8,11H2,1-3H3,(H2,19,23)(H,20,24). The molecule has 0 bridgehead atoms. The minimum atomic E-state index is -0.636. The lowest BCUT2D eigenvalue weighted by atomic mass is 10.1. The van der Waals surface area contributed by atoms with Crippen LogP contribution in [0.3, 0.4) is 0 Å². The van der Waals surface area contributed by atoms with Crippen LogP contribution in [0.4, 0.5) is 5.69 Å². The van der Waals surface area contributed by atoms with Crippen molar-refractivity contribution < 1.29 is 14.3 Å². The Hall–Kier alpha value is -2.83. The molecule has 1 heterocycles. The smallest absolute Gasteiger partial charge is 0.269 e. The number of amides is 2. The highest BCUT2D eigenvalue weighted by atomic mass is 16.5. The Bertz CT molecular complexity index is 768. The summed E-state index contributed by atoms with van der Waals surface area (Å²) in [5, 5.41) is 7.11. The van der Waals surface area contributed by atoms with Crippen LogP contribution in [0.2, 0.25) is 0 Å². The van der Waals surface area contributed by atoms with E-state index in [1.165, 1.54) is 4.68 Å². The highest BCUT2D eigenvalue weighted by Crippen LogP contribution is 2.25. The van der Waals surface area contributed by atoms with Crippen LogP contribution < -0.4 is 15.8 Å². The molecule has 1 aromatic carbocycles. The molecule has 0 radical (unpaired) electrons. The van der Waals surface area contributed by atoms with E-state index in [0.717, 1.165) is 12.8 Å². The predicted molar refractivity (Wildman–Crippen MR) is 95.9 cm³/mol. The Morgan fingerprint density at radius 2 is 1.96 bits per heavy atom. The van der Waals surface area contributed by atoms with Crippen LogP contribution in [0, 0.1) is 0 Å². The third kappa shape index (κ3) is 4.17. The molecule has 0 unspecified atom stereocenters. The third-order valence-electron chi connectivity index (χ3n) is 3.67. The van der Waals surface area contributed by atoms with E-state index in [4.69, 9.17) is 10.5 Å². The molecular weight excluding hydrogens is 320 g/mol. The van der Waals surface area contributed by atoms with Gasteiger partial charge in [-0.05, 0) is 25.0 Å². The first-order chi connectivity index (χ1) is 12.0. The number of ether oxygens (including phenoxy) is 1. The third-order valence-corrected chi connectivity index (χ3v) is 3.67. The molecule has 0 saturated carbocycles. The van der Waals surface area contributed by atoms with Crippen molar-refractivity contribution >= 4 is 17.5 Å². The number of anilines is 1. The zero-order valence-electron chi connectivity index (χ0n) is 14.8. The van der Waals surface area contributed by atoms with Gasteiger partial charge in [0.2, 0.25) is 0 Å². The van der Waals surface area contributed by atoms with Gasteiger partial charge in [-0.2, -0.15) is 5.10 Å². The Balaban J connectivity index is 2.36. The van der Waals surface area contributed by atoms with Crippen LogP contribution in [0.5, 0.6) is 5.75 Å². The number of para-hydroxylation sites is 1. The fraction of sp³-hybridized carbons (Fsp3) is 0.389. The molecule has 1 aromatic heterocycles. The van der Waals surface area contributed by atoms with Gasteiger partial charge in [0.15, 0.2) is 0 Å².